The van der Waals surface area contributed by atoms with Gasteiger partial charge in [-0.2, -0.15) is 25.3 Å². The predicted molar refractivity (Wildman–Crippen MR) is 235 cm³/mol. The molecule has 62 heavy (non-hydrogen) atoms. The Bertz CT molecular complexity index is 2000. The van der Waals surface area contributed by atoms with Gasteiger partial charge in [0.25, 0.3) is 0 Å². The summed E-state index contributed by atoms with van der Waals surface area (Å²) in [5, 5.41) is 55.1. The van der Waals surface area contributed by atoms with Crippen molar-refractivity contribution in [3.05, 3.63) is 65.9 Å². The number of aromatic amines is 1. The first-order valence-electron chi connectivity index (χ1n) is 19.8. The lowest BCUT2D eigenvalue weighted by Crippen LogP contribution is -2.62. The molecule has 0 aliphatic rings. The standard InChI is InChI=1S/C40H57N9O11S2/c1-20(50)32(39(58)47-31(19-62)38(57)49-33(21(2)51)40(59)60)48-35(54)28(9-5-6-14-41)44-37(56)30(16-23-17-43-27-8-4-3-7-25(23)27)46-36(55)29(45-34(53)26(42)18-61)15-22-10-12-24(52)13-11-22/h3-4,7-8,10-13,17,20-21,26,28-33,43,50-52,61-62H,5-6,9,14-16,18-19,41-42H2,1-2H3,(H,44,56)(H,45,53)(H,46,55)(H,47,58)(H,48,54)(H,49,57)(H,59,60)/t20-,21-,26+,28+,29+,30-,31+,32+,33+/m1/s1. The number of unbranched alkanes of at least 4 members (excludes halogenated alkanes) is 1. The molecule has 0 fully saturated rings. The molecule has 22 heteroatoms. The van der Waals surface area contributed by atoms with E-state index in [1.165, 1.54) is 19.1 Å². The number of H-pyrrole nitrogens is 1. The molecular weight excluding hydrogens is 847 g/mol. The summed E-state index contributed by atoms with van der Waals surface area (Å²) in [6, 6.07) is 3.22. The van der Waals surface area contributed by atoms with Gasteiger partial charge < -0.3 is 68.8 Å². The summed E-state index contributed by atoms with van der Waals surface area (Å²) >= 11 is 8.15. The first kappa shape index (κ1) is 51.0. The number of aromatic nitrogens is 1. The summed E-state index contributed by atoms with van der Waals surface area (Å²) in [5.74, 6) is -7.20. The molecule has 0 aliphatic heterocycles. The average molecular weight is 904 g/mol. The number of para-hydroxylation sites is 1. The third kappa shape index (κ3) is 15.2. The molecule has 0 bridgehead atoms. The highest BCUT2D eigenvalue weighted by atomic mass is 32.1. The number of aromatic hydroxyl groups is 1. The molecule has 0 aliphatic carbocycles. The maximum absolute atomic E-state index is 14.4. The third-order valence-electron chi connectivity index (χ3n) is 9.78. The van der Waals surface area contributed by atoms with Crippen LogP contribution in [0.5, 0.6) is 5.75 Å². The van der Waals surface area contributed by atoms with Crippen molar-refractivity contribution in [1.29, 1.82) is 0 Å². The Morgan fingerprint density at radius 1 is 0.661 bits per heavy atom. The highest BCUT2D eigenvalue weighted by Gasteiger charge is 2.35. The van der Waals surface area contributed by atoms with Gasteiger partial charge >= 0.3 is 5.97 Å². The highest BCUT2D eigenvalue weighted by molar-refractivity contribution is 7.80. The predicted octanol–water partition coefficient (Wildman–Crippen LogP) is -2.27. The molecule has 0 radical (unpaired) electrons. The van der Waals surface area contributed by atoms with Crippen molar-refractivity contribution in [2.24, 2.45) is 11.5 Å². The topological polar surface area (TPSA) is 340 Å². The lowest BCUT2D eigenvalue weighted by molar-refractivity contribution is -0.145. The van der Waals surface area contributed by atoms with Gasteiger partial charge in [-0.1, -0.05) is 30.3 Å². The normalized spacial score (nSPS) is 15.6. The number of aliphatic carboxylic acids is 1. The van der Waals surface area contributed by atoms with Crippen molar-refractivity contribution < 1.29 is 54.0 Å². The highest BCUT2D eigenvalue weighted by Crippen LogP contribution is 2.20. The van der Waals surface area contributed by atoms with E-state index in [1.807, 2.05) is 18.2 Å². The first-order chi connectivity index (χ1) is 29.4. The fraction of sp³-hybridized carbons (Fsp3) is 0.475. The molecule has 340 valence electrons. The van der Waals surface area contributed by atoms with E-state index in [0.29, 0.717) is 24.0 Å². The van der Waals surface area contributed by atoms with Crippen LogP contribution < -0.4 is 43.4 Å². The molecule has 0 spiro atoms. The van der Waals surface area contributed by atoms with Crippen LogP contribution in [0.1, 0.15) is 44.2 Å². The van der Waals surface area contributed by atoms with E-state index in [1.54, 1.807) is 24.4 Å². The summed E-state index contributed by atoms with van der Waals surface area (Å²) in [5.41, 5.74) is 13.5. The SMILES string of the molecule is C[C@@H](O)[C@H](NC(=O)[C@H](CS)NC(=O)[C@@H](NC(=O)[C@H](CCCCN)NC(=O)[C@@H](Cc1c[nH]c2ccccc12)NC(=O)[C@H](Cc1ccc(O)cc1)NC(=O)[C@@H](N)CS)[C@@H](C)O)C(=O)O. The van der Waals surface area contributed by atoms with Crippen LogP contribution in [0.4, 0.5) is 0 Å². The number of nitrogens with one attached hydrogen (secondary N) is 7. The Morgan fingerprint density at radius 3 is 1.77 bits per heavy atom. The van der Waals surface area contributed by atoms with E-state index < -0.39 is 95.9 Å². The molecule has 6 amide bonds. The van der Waals surface area contributed by atoms with Gasteiger partial charge in [0.2, 0.25) is 35.4 Å². The number of benzene rings is 2. The number of carboxylic acid groups (broad SMARTS) is 1. The summed E-state index contributed by atoms with van der Waals surface area (Å²) in [6.07, 6.45) is -0.797. The number of aliphatic hydroxyl groups excluding tert-OH is 2. The van der Waals surface area contributed by atoms with Gasteiger partial charge in [0.05, 0.1) is 18.2 Å². The number of fused-ring (bicyclic) bond motifs is 1. The smallest absolute Gasteiger partial charge is 0.328 e. The maximum atomic E-state index is 14.4. The Kier molecular flexibility index (Phi) is 20.5. The molecule has 2 aromatic carbocycles. The molecular formula is C40H57N9O11S2. The molecule has 15 N–H and O–H groups in total. The number of rotatable bonds is 25. The summed E-state index contributed by atoms with van der Waals surface area (Å²) in [7, 11) is 0. The van der Waals surface area contributed by atoms with Gasteiger partial charge in [-0.15, -0.1) is 0 Å². The third-order valence-corrected chi connectivity index (χ3v) is 10.5. The molecule has 9 atom stereocenters. The van der Waals surface area contributed by atoms with Crippen LogP contribution in [0, 0.1) is 0 Å². The number of carbonyl (C=O) groups is 7. The van der Waals surface area contributed by atoms with Crippen molar-refractivity contribution >= 4 is 77.6 Å². The van der Waals surface area contributed by atoms with E-state index in [9.17, 15) is 54.0 Å². The van der Waals surface area contributed by atoms with Crippen molar-refractivity contribution in [3.8, 4) is 5.75 Å². The number of carbonyl (C=O) groups excluding carboxylic acids is 6. The van der Waals surface area contributed by atoms with E-state index in [0.717, 1.165) is 17.8 Å². The minimum atomic E-state index is -1.71. The van der Waals surface area contributed by atoms with E-state index in [2.05, 4.69) is 62.1 Å². The molecule has 0 saturated heterocycles. The van der Waals surface area contributed by atoms with Gasteiger partial charge in [0.1, 0.15) is 36.0 Å². The summed E-state index contributed by atoms with van der Waals surface area (Å²) in [6.45, 7) is 2.58. The summed E-state index contributed by atoms with van der Waals surface area (Å²) in [4.78, 5) is 96.3. The fourth-order valence-electron chi connectivity index (χ4n) is 6.23. The lowest BCUT2D eigenvalue weighted by atomic mass is 10.0. The number of nitrogens with two attached hydrogens (primary N) is 2. The quantitative estimate of drug-likeness (QED) is 0.0316. The number of hydrogen-bond acceptors (Lipinski definition) is 14. The zero-order chi connectivity index (χ0) is 46.1. The van der Waals surface area contributed by atoms with E-state index in [-0.39, 0.29) is 43.1 Å². The number of phenolic OH excluding ortho intramolecular Hbond substituents is 1. The number of aliphatic hydroxyl groups is 2. The van der Waals surface area contributed by atoms with Crippen LogP contribution in [0.25, 0.3) is 10.9 Å². The Labute approximate surface area is 368 Å². The second-order valence-electron chi connectivity index (χ2n) is 14.7. The number of carboxylic acids is 1. The number of thiol groups is 2. The van der Waals surface area contributed by atoms with Gasteiger partial charge in [-0.3, -0.25) is 28.8 Å². The second kappa shape index (κ2) is 24.9. The Hall–Kier alpha value is -5.39. The van der Waals surface area contributed by atoms with E-state index in [4.69, 9.17) is 11.5 Å². The Balaban J connectivity index is 1.93. The number of hydrogen-bond donors (Lipinski definition) is 15. The minimum Gasteiger partial charge on any atom is -0.508 e. The van der Waals surface area contributed by atoms with Gasteiger partial charge in [0.15, 0.2) is 6.04 Å². The van der Waals surface area contributed by atoms with Crippen LogP contribution in [0.2, 0.25) is 0 Å². The second-order valence-corrected chi connectivity index (χ2v) is 15.5. The van der Waals surface area contributed by atoms with Crippen molar-refractivity contribution in [1.82, 2.24) is 36.9 Å². The molecule has 0 unspecified atom stereocenters. The van der Waals surface area contributed by atoms with Gasteiger partial charge in [-0.05, 0) is 69.0 Å². The van der Waals surface area contributed by atoms with Crippen molar-refractivity contribution in [3.63, 3.8) is 0 Å². The fourth-order valence-corrected chi connectivity index (χ4v) is 6.65. The van der Waals surface area contributed by atoms with E-state index >= 15 is 0 Å². The first-order valence-corrected chi connectivity index (χ1v) is 21.1. The number of phenols is 1. The van der Waals surface area contributed by atoms with Crippen LogP contribution in [0.15, 0.2) is 54.7 Å². The molecule has 1 aromatic heterocycles. The van der Waals surface area contributed by atoms with Gasteiger partial charge in [0, 0.05) is 41.4 Å². The molecule has 3 aromatic rings. The molecule has 3 rings (SSSR count). The zero-order valence-corrected chi connectivity index (χ0v) is 36.0. The monoisotopic (exact) mass is 903 g/mol. The van der Waals surface area contributed by atoms with Gasteiger partial charge in [-0.25, -0.2) is 4.79 Å². The van der Waals surface area contributed by atoms with Crippen LogP contribution in [-0.4, -0.2) is 139 Å². The van der Waals surface area contributed by atoms with Crippen LogP contribution in [0.3, 0.4) is 0 Å². The zero-order valence-electron chi connectivity index (χ0n) is 34.2. The Morgan fingerprint density at radius 2 is 1.19 bits per heavy atom. The van der Waals surface area contributed by atoms with Crippen LogP contribution in [-0.2, 0) is 46.4 Å². The molecule has 0 saturated carbocycles. The molecule has 20 nitrogen and oxygen atoms in total. The van der Waals surface area contributed by atoms with Crippen LogP contribution >= 0.6 is 25.3 Å². The summed E-state index contributed by atoms with van der Waals surface area (Å²) < 4.78 is 0. The lowest BCUT2D eigenvalue weighted by Gasteiger charge is -2.28. The minimum absolute atomic E-state index is 0.00455. The maximum Gasteiger partial charge on any atom is 0.328 e. The number of amides is 6. The van der Waals surface area contributed by atoms with Crippen molar-refractivity contribution in [2.45, 2.75) is 100 Å². The average Bonchev–Trinajstić information content (AvgIpc) is 3.65. The largest absolute Gasteiger partial charge is 0.508 e. The van der Waals surface area contributed by atoms with Crippen molar-refractivity contribution in [2.75, 3.05) is 18.1 Å². The molecule has 1 heterocycles.